The minimum atomic E-state index is -3.81. The maximum Gasteiger partial charge on any atom is 0.251 e. The molecule has 1 aliphatic carbocycles. The van der Waals surface area contributed by atoms with Crippen molar-refractivity contribution < 1.29 is 13.2 Å². The predicted octanol–water partition coefficient (Wildman–Crippen LogP) is 1.56. The Labute approximate surface area is 119 Å². The van der Waals surface area contributed by atoms with E-state index in [1.54, 1.807) is 19.1 Å². The molecule has 0 radical (unpaired) electrons. The lowest BCUT2D eigenvalue weighted by molar-refractivity contribution is 0.0944. The molecule has 1 aromatic rings. The lowest BCUT2D eigenvalue weighted by atomic mass is 10.0. The number of primary sulfonamides is 1. The zero-order chi connectivity index (χ0) is 15.0. The van der Waals surface area contributed by atoms with Crippen molar-refractivity contribution in [2.24, 2.45) is 10.6 Å². The number of hydrogen-bond donors (Lipinski definition) is 2. The Bertz CT molecular complexity index is 634. The Balaban J connectivity index is 2.15. The summed E-state index contributed by atoms with van der Waals surface area (Å²) in [6.07, 6.45) is 3.32. The summed E-state index contributed by atoms with van der Waals surface area (Å²) >= 11 is 0. The molecule has 0 aliphatic heterocycles. The molecule has 0 heterocycles. The van der Waals surface area contributed by atoms with Gasteiger partial charge in [-0.1, -0.05) is 13.0 Å². The Morgan fingerprint density at radius 1 is 1.40 bits per heavy atom. The third-order valence-electron chi connectivity index (χ3n) is 4.09. The summed E-state index contributed by atoms with van der Waals surface area (Å²) in [7, 11) is -3.81. The average molecular weight is 296 g/mol. The van der Waals surface area contributed by atoms with Crippen LogP contribution in [0.1, 0.15) is 42.1 Å². The van der Waals surface area contributed by atoms with Crippen molar-refractivity contribution in [1.29, 1.82) is 0 Å². The molecular formula is C14H20N2O3S. The number of rotatable bonds is 5. The molecule has 0 atom stereocenters. The molecule has 5 nitrogen and oxygen atoms in total. The zero-order valence-electron chi connectivity index (χ0n) is 11.8. The van der Waals surface area contributed by atoms with E-state index in [9.17, 15) is 13.2 Å². The predicted molar refractivity (Wildman–Crippen MR) is 76.8 cm³/mol. The Morgan fingerprint density at radius 2 is 2.05 bits per heavy atom. The van der Waals surface area contributed by atoms with Gasteiger partial charge < -0.3 is 5.32 Å². The van der Waals surface area contributed by atoms with Crippen molar-refractivity contribution in [2.75, 3.05) is 6.54 Å². The molecule has 2 rings (SSSR count). The third-order valence-corrected chi connectivity index (χ3v) is 5.14. The van der Waals surface area contributed by atoms with Crippen LogP contribution in [0, 0.1) is 12.3 Å². The molecule has 0 spiro atoms. The quantitative estimate of drug-likeness (QED) is 0.864. The first-order valence-corrected chi connectivity index (χ1v) is 8.24. The largest absolute Gasteiger partial charge is 0.351 e. The van der Waals surface area contributed by atoms with Gasteiger partial charge in [-0.3, -0.25) is 4.79 Å². The maximum atomic E-state index is 12.1. The first-order chi connectivity index (χ1) is 9.27. The Morgan fingerprint density at radius 3 is 2.55 bits per heavy atom. The van der Waals surface area contributed by atoms with Crippen molar-refractivity contribution in [3.8, 4) is 0 Å². The van der Waals surface area contributed by atoms with Gasteiger partial charge in [0.25, 0.3) is 5.91 Å². The second-order valence-electron chi connectivity index (χ2n) is 5.56. The van der Waals surface area contributed by atoms with E-state index < -0.39 is 10.0 Å². The van der Waals surface area contributed by atoms with Gasteiger partial charge >= 0.3 is 0 Å². The average Bonchev–Trinajstić information content (AvgIpc) is 3.16. The SMILES string of the molecule is CCC1(CNC(=O)c2ccc(C)c(S(N)(=O)=O)c2)CC1. The molecular weight excluding hydrogens is 276 g/mol. The van der Waals surface area contributed by atoms with Crippen molar-refractivity contribution >= 4 is 15.9 Å². The fourth-order valence-corrected chi connectivity index (χ4v) is 3.06. The second kappa shape index (κ2) is 5.18. The summed E-state index contributed by atoms with van der Waals surface area (Å²) in [5.41, 5.74) is 1.12. The maximum absolute atomic E-state index is 12.1. The van der Waals surface area contributed by atoms with Gasteiger partial charge in [-0.15, -0.1) is 0 Å². The highest BCUT2D eigenvalue weighted by atomic mass is 32.2. The number of nitrogens with two attached hydrogens (primary N) is 1. The van der Waals surface area contributed by atoms with Crippen molar-refractivity contribution in [1.82, 2.24) is 5.32 Å². The lowest BCUT2D eigenvalue weighted by Gasteiger charge is -2.14. The summed E-state index contributed by atoms with van der Waals surface area (Å²) in [5, 5.41) is 8.02. The number of carbonyl (C=O) groups excluding carboxylic acids is 1. The molecule has 1 saturated carbocycles. The van der Waals surface area contributed by atoms with Gasteiger partial charge in [0, 0.05) is 12.1 Å². The van der Waals surface area contributed by atoms with E-state index in [1.165, 1.54) is 6.07 Å². The number of sulfonamides is 1. The van der Waals surface area contributed by atoms with Crippen LogP contribution < -0.4 is 10.5 Å². The van der Waals surface area contributed by atoms with Gasteiger partial charge in [-0.2, -0.15) is 0 Å². The van der Waals surface area contributed by atoms with Crippen LogP contribution in [0.3, 0.4) is 0 Å². The molecule has 1 aromatic carbocycles. The van der Waals surface area contributed by atoms with Crippen LogP contribution in [-0.4, -0.2) is 20.9 Å². The van der Waals surface area contributed by atoms with E-state index in [4.69, 9.17) is 5.14 Å². The van der Waals surface area contributed by atoms with Gasteiger partial charge in [-0.25, -0.2) is 13.6 Å². The van der Waals surface area contributed by atoms with Crippen molar-refractivity contribution in [2.45, 2.75) is 38.0 Å². The van der Waals surface area contributed by atoms with Crippen molar-refractivity contribution in [3.05, 3.63) is 29.3 Å². The summed E-state index contributed by atoms with van der Waals surface area (Å²) in [4.78, 5) is 12.1. The lowest BCUT2D eigenvalue weighted by Crippen LogP contribution is -2.30. The van der Waals surface area contributed by atoms with E-state index >= 15 is 0 Å². The fraction of sp³-hybridized carbons (Fsp3) is 0.500. The van der Waals surface area contributed by atoms with Crippen LogP contribution in [0.5, 0.6) is 0 Å². The first-order valence-electron chi connectivity index (χ1n) is 6.69. The second-order valence-corrected chi connectivity index (χ2v) is 7.09. The highest BCUT2D eigenvalue weighted by molar-refractivity contribution is 7.89. The number of carbonyl (C=O) groups is 1. The molecule has 1 amide bonds. The standard InChI is InChI=1S/C14H20N2O3S/c1-3-14(6-7-14)9-16-13(17)11-5-4-10(2)12(8-11)20(15,18)19/h4-5,8H,3,6-7,9H2,1-2H3,(H,16,17)(H2,15,18,19). The molecule has 1 aliphatic rings. The zero-order valence-corrected chi connectivity index (χ0v) is 12.6. The van der Waals surface area contributed by atoms with Gasteiger partial charge in [-0.05, 0) is 49.3 Å². The van der Waals surface area contributed by atoms with Crippen LogP contribution in [0.25, 0.3) is 0 Å². The van der Waals surface area contributed by atoms with Gasteiger partial charge in [0.15, 0.2) is 0 Å². The van der Waals surface area contributed by atoms with E-state index in [1.807, 2.05) is 0 Å². The van der Waals surface area contributed by atoms with Crippen LogP contribution in [-0.2, 0) is 10.0 Å². The normalized spacial score (nSPS) is 16.8. The number of benzene rings is 1. The Kier molecular flexibility index (Phi) is 3.88. The summed E-state index contributed by atoms with van der Waals surface area (Å²) in [6.45, 7) is 4.41. The molecule has 1 fully saturated rings. The summed E-state index contributed by atoms with van der Waals surface area (Å²) in [6, 6.07) is 4.55. The number of hydrogen-bond acceptors (Lipinski definition) is 3. The summed E-state index contributed by atoms with van der Waals surface area (Å²) in [5.74, 6) is -0.255. The monoisotopic (exact) mass is 296 g/mol. The van der Waals surface area contributed by atoms with Crippen LogP contribution in [0.2, 0.25) is 0 Å². The van der Waals surface area contributed by atoms with Gasteiger partial charge in [0.05, 0.1) is 4.90 Å². The van der Waals surface area contributed by atoms with Gasteiger partial charge in [0.2, 0.25) is 10.0 Å². The van der Waals surface area contributed by atoms with Crippen LogP contribution >= 0.6 is 0 Å². The molecule has 0 aromatic heterocycles. The van der Waals surface area contributed by atoms with Crippen LogP contribution in [0.4, 0.5) is 0 Å². The molecule has 0 bridgehead atoms. The highest BCUT2D eigenvalue weighted by Gasteiger charge is 2.40. The third kappa shape index (κ3) is 3.19. The number of amides is 1. The molecule has 0 saturated heterocycles. The first kappa shape index (κ1) is 15.0. The topological polar surface area (TPSA) is 89.3 Å². The minimum Gasteiger partial charge on any atom is -0.351 e. The van der Waals surface area contributed by atoms with E-state index in [0.717, 1.165) is 19.3 Å². The van der Waals surface area contributed by atoms with Crippen LogP contribution in [0.15, 0.2) is 23.1 Å². The van der Waals surface area contributed by atoms with E-state index in [2.05, 4.69) is 12.2 Å². The molecule has 6 heteroatoms. The molecule has 0 unspecified atom stereocenters. The van der Waals surface area contributed by atoms with E-state index in [0.29, 0.717) is 17.7 Å². The number of nitrogens with one attached hydrogen (secondary N) is 1. The minimum absolute atomic E-state index is 0.00165. The van der Waals surface area contributed by atoms with Crippen molar-refractivity contribution in [3.63, 3.8) is 0 Å². The highest BCUT2D eigenvalue weighted by Crippen LogP contribution is 2.47. The molecule has 110 valence electrons. The molecule has 20 heavy (non-hydrogen) atoms. The number of aryl methyl sites for hydroxylation is 1. The fourth-order valence-electron chi connectivity index (χ4n) is 2.25. The summed E-state index contributed by atoms with van der Waals surface area (Å²) < 4.78 is 22.9. The molecule has 3 N–H and O–H groups in total. The van der Waals surface area contributed by atoms with Gasteiger partial charge in [0.1, 0.15) is 0 Å². The smallest absolute Gasteiger partial charge is 0.251 e. The Hall–Kier alpha value is -1.40. The van der Waals surface area contributed by atoms with E-state index in [-0.39, 0.29) is 16.2 Å².